The monoisotopic (exact) mass is 231 g/mol. The average Bonchev–Trinajstić information content (AvgIpc) is 2.78. The van der Waals surface area contributed by atoms with Crippen molar-refractivity contribution in [1.82, 2.24) is 4.98 Å². The summed E-state index contributed by atoms with van der Waals surface area (Å²) in [5, 5.41) is 2.74. The summed E-state index contributed by atoms with van der Waals surface area (Å²) in [5.74, 6) is 0.115. The summed E-state index contributed by atoms with van der Waals surface area (Å²) in [6, 6.07) is 9.92. The number of hydrogen-bond acceptors (Lipinski definition) is 3. The van der Waals surface area contributed by atoms with Crippen molar-refractivity contribution in [3.8, 4) is 10.6 Å². The molecule has 82 valence electrons. The van der Waals surface area contributed by atoms with Gasteiger partial charge in [-0.3, -0.25) is 4.79 Å². The van der Waals surface area contributed by atoms with E-state index in [1.165, 1.54) is 11.3 Å². The second-order valence-corrected chi connectivity index (χ2v) is 4.78. The van der Waals surface area contributed by atoms with Crippen molar-refractivity contribution in [2.75, 3.05) is 0 Å². The number of carbonyl (C=O) groups excluding carboxylic acids is 1. The predicted molar refractivity (Wildman–Crippen MR) is 66.7 cm³/mol. The van der Waals surface area contributed by atoms with Gasteiger partial charge in [-0.15, -0.1) is 11.3 Å². The van der Waals surface area contributed by atoms with Gasteiger partial charge in [0.25, 0.3) is 0 Å². The number of thiazole rings is 1. The highest BCUT2D eigenvalue weighted by Gasteiger charge is 2.14. The molecule has 0 unspecified atom stereocenters. The van der Waals surface area contributed by atoms with Gasteiger partial charge in [0.15, 0.2) is 5.78 Å². The van der Waals surface area contributed by atoms with Crippen LogP contribution in [0.5, 0.6) is 0 Å². The lowest BCUT2D eigenvalue weighted by molar-refractivity contribution is 0.0935. The van der Waals surface area contributed by atoms with Gasteiger partial charge in [0, 0.05) is 16.9 Å². The largest absolute Gasteiger partial charge is 0.292 e. The lowest BCUT2D eigenvalue weighted by Crippen LogP contribution is -2.07. The third-order valence-electron chi connectivity index (χ3n) is 2.30. The van der Waals surface area contributed by atoms with Crippen LogP contribution in [-0.2, 0) is 0 Å². The Bertz CT molecular complexity index is 488. The summed E-state index contributed by atoms with van der Waals surface area (Å²) in [5.41, 5.74) is 1.65. The van der Waals surface area contributed by atoms with Crippen LogP contribution < -0.4 is 0 Å². The number of hydrogen-bond donors (Lipinski definition) is 0. The first-order valence-electron chi connectivity index (χ1n) is 5.23. The van der Waals surface area contributed by atoms with E-state index in [-0.39, 0.29) is 11.7 Å². The minimum absolute atomic E-state index is 0.00530. The van der Waals surface area contributed by atoms with Crippen molar-refractivity contribution >= 4 is 17.1 Å². The molecule has 0 fully saturated rings. The lowest BCUT2D eigenvalue weighted by atomic mass is 10.1. The van der Waals surface area contributed by atoms with Gasteiger partial charge >= 0.3 is 0 Å². The molecule has 0 aliphatic rings. The minimum Gasteiger partial charge on any atom is -0.292 e. The molecule has 0 aliphatic heterocycles. The van der Waals surface area contributed by atoms with Gasteiger partial charge in [-0.25, -0.2) is 4.98 Å². The molecule has 1 aromatic carbocycles. The van der Waals surface area contributed by atoms with Gasteiger partial charge in [-0.05, 0) is 0 Å². The maximum Gasteiger partial charge on any atom is 0.184 e. The Kier molecular flexibility index (Phi) is 3.15. The maximum atomic E-state index is 11.7. The van der Waals surface area contributed by atoms with E-state index in [1.54, 1.807) is 0 Å². The Morgan fingerprint density at radius 3 is 2.56 bits per heavy atom. The highest BCUT2D eigenvalue weighted by Crippen LogP contribution is 2.24. The molecule has 2 nitrogen and oxygen atoms in total. The summed E-state index contributed by atoms with van der Waals surface area (Å²) in [7, 11) is 0. The van der Waals surface area contributed by atoms with Crippen LogP contribution in [0.3, 0.4) is 0 Å². The van der Waals surface area contributed by atoms with E-state index in [1.807, 2.05) is 49.6 Å². The number of Topliss-reactive ketones (excluding diaryl/α,β-unsaturated/α-hetero) is 1. The second kappa shape index (κ2) is 4.58. The quantitative estimate of drug-likeness (QED) is 0.755. The standard InChI is InChI=1S/C13H13NOS/c1-9(2)12(15)11-8-16-13(14-11)10-6-4-3-5-7-10/h3-9H,1-2H3. The molecule has 0 saturated carbocycles. The van der Waals surface area contributed by atoms with Crippen LogP contribution >= 0.6 is 11.3 Å². The summed E-state index contributed by atoms with van der Waals surface area (Å²) >= 11 is 1.52. The van der Waals surface area contributed by atoms with E-state index in [2.05, 4.69) is 4.98 Å². The molecule has 0 amide bonds. The maximum absolute atomic E-state index is 11.7. The van der Waals surface area contributed by atoms with Gasteiger partial charge in [0.2, 0.25) is 0 Å². The fraction of sp³-hybridized carbons (Fsp3) is 0.231. The molecular weight excluding hydrogens is 218 g/mol. The lowest BCUT2D eigenvalue weighted by Gasteiger charge is -1.98. The highest BCUT2D eigenvalue weighted by atomic mass is 32.1. The van der Waals surface area contributed by atoms with Gasteiger partial charge in [-0.2, -0.15) is 0 Å². The number of rotatable bonds is 3. The molecule has 0 atom stereocenters. The fourth-order valence-electron chi connectivity index (χ4n) is 1.40. The topological polar surface area (TPSA) is 30.0 Å². The van der Waals surface area contributed by atoms with Gasteiger partial charge in [0.1, 0.15) is 10.7 Å². The Morgan fingerprint density at radius 2 is 1.94 bits per heavy atom. The Hall–Kier alpha value is -1.48. The molecule has 1 heterocycles. The van der Waals surface area contributed by atoms with Crippen LogP contribution in [0, 0.1) is 5.92 Å². The molecule has 16 heavy (non-hydrogen) atoms. The predicted octanol–water partition coefficient (Wildman–Crippen LogP) is 3.65. The van der Waals surface area contributed by atoms with Crippen molar-refractivity contribution in [2.24, 2.45) is 5.92 Å². The zero-order valence-electron chi connectivity index (χ0n) is 9.31. The van der Waals surface area contributed by atoms with Gasteiger partial charge in [0.05, 0.1) is 0 Å². The van der Waals surface area contributed by atoms with Crippen LogP contribution in [0.25, 0.3) is 10.6 Å². The number of ketones is 1. The van der Waals surface area contributed by atoms with E-state index in [9.17, 15) is 4.79 Å². The fourth-order valence-corrected chi connectivity index (χ4v) is 2.21. The van der Waals surface area contributed by atoms with Crippen LogP contribution in [-0.4, -0.2) is 10.8 Å². The second-order valence-electron chi connectivity index (χ2n) is 3.92. The van der Waals surface area contributed by atoms with E-state index in [4.69, 9.17) is 0 Å². The first-order chi connectivity index (χ1) is 7.68. The number of benzene rings is 1. The van der Waals surface area contributed by atoms with Crippen molar-refractivity contribution < 1.29 is 4.79 Å². The molecule has 0 saturated heterocycles. The molecule has 2 rings (SSSR count). The van der Waals surface area contributed by atoms with E-state index in [0.29, 0.717) is 5.69 Å². The number of nitrogens with zero attached hydrogens (tertiary/aromatic N) is 1. The SMILES string of the molecule is CC(C)C(=O)c1csc(-c2ccccc2)n1. The highest BCUT2D eigenvalue weighted by molar-refractivity contribution is 7.13. The molecular formula is C13H13NOS. The normalized spacial score (nSPS) is 10.7. The van der Waals surface area contributed by atoms with Crippen LogP contribution in [0.1, 0.15) is 24.3 Å². The number of aromatic nitrogens is 1. The van der Waals surface area contributed by atoms with E-state index < -0.39 is 0 Å². The third kappa shape index (κ3) is 2.19. The van der Waals surface area contributed by atoms with Crippen molar-refractivity contribution in [1.29, 1.82) is 0 Å². The van der Waals surface area contributed by atoms with Crippen LogP contribution in [0.15, 0.2) is 35.7 Å². The summed E-state index contributed by atoms with van der Waals surface area (Å²) < 4.78 is 0. The molecule has 0 N–H and O–H groups in total. The molecule has 2 aromatic rings. The Labute approximate surface area is 99.0 Å². The summed E-state index contributed by atoms with van der Waals surface area (Å²) in [4.78, 5) is 16.1. The molecule has 0 radical (unpaired) electrons. The minimum atomic E-state index is 0.00530. The van der Waals surface area contributed by atoms with Crippen LogP contribution in [0.4, 0.5) is 0 Å². The van der Waals surface area contributed by atoms with Gasteiger partial charge < -0.3 is 0 Å². The molecule has 0 spiro atoms. The zero-order valence-corrected chi connectivity index (χ0v) is 10.1. The Balaban J connectivity index is 2.30. The molecule has 1 aromatic heterocycles. The average molecular weight is 231 g/mol. The molecule has 0 aliphatic carbocycles. The van der Waals surface area contributed by atoms with Crippen LogP contribution in [0.2, 0.25) is 0 Å². The number of carbonyl (C=O) groups is 1. The van der Waals surface area contributed by atoms with Crippen molar-refractivity contribution in [3.63, 3.8) is 0 Å². The van der Waals surface area contributed by atoms with E-state index in [0.717, 1.165) is 10.6 Å². The zero-order chi connectivity index (χ0) is 11.5. The summed E-state index contributed by atoms with van der Waals surface area (Å²) in [6.45, 7) is 3.79. The smallest absolute Gasteiger partial charge is 0.184 e. The third-order valence-corrected chi connectivity index (χ3v) is 3.19. The summed E-state index contributed by atoms with van der Waals surface area (Å²) in [6.07, 6.45) is 0. The van der Waals surface area contributed by atoms with Crippen molar-refractivity contribution in [3.05, 3.63) is 41.4 Å². The molecule has 0 bridgehead atoms. The first kappa shape index (κ1) is 11.0. The first-order valence-corrected chi connectivity index (χ1v) is 6.11. The van der Waals surface area contributed by atoms with Crippen molar-refractivity contribution in [2.45, 2.75) is 13.8 Å². The van der Waals surface area contributed by atoms with E-state index >= 15 is 0 Å². The molecule has 3 heteroatoms. The Morgan fingerprint density at radius 1 is 1.25 bits per heavy atom. The van der Waals surface area contributed by atoms with Gasteiger partial charge in [-0.1, -0.05) is 44.2 Å².